The Hall–Kier alpha value is -1.59. The molecule has 138 valence electrons. The number of para-hydroxylation sites is 1. The molecule has 2 heterocycles. The number of likely N-dealkylation sites (tertiary alicyclic amines) is 1. The Kier molecular flexibility index (Phi) is 5.64. The van der Waals surface area contributed by atoms with Gasteiger partial charge in [0.1, 0.15) is 0 Å². The van der Waals surface area contributed by atoms with Crippen molar-refractivity contribution < 1.29 is 14.3 Å². The molecule has 25 heavy (non-hydrogen) atoms. The number of carbonyl (C=O) groups excluding carboxylic acids is 1. The summed E-state index contributed by atoms with van der Waals surface area (Å²) >= 11 is 0. The number of urea groups is 1. The van der Waals surface area contributed by atoms with Crippen LogP contribution in [-0.4, -0.2) is 43.0 Å². The minimum absolute atomic E-state index is 0.0199. The van der Waals surface area contributed by atoms with Crippen molar-refractivity contribution in [3.05, 3.63) is 29.3 Å². The molecule has 2 aliphatic rings. The Bertz CT molecular complexity index is 599. The number of nitrogens with zero attached hydrogens (tertiary/aromatic N) is 1. The molecule has 1 N–H and O–H groups in total. The Labute approximate surface area is 150 Å². The van der Waals surface area contributed by atoms with Crippen LogP contribution in [0.5, 0.6) is 0 Å². The number of hydrogen-bond donors (Lipinski definition) is 1. The molecule has 0 aromatic heterocycles. The quantitative estimate of drug-likeness (QED) is 0.895. The lowest BCUT2D eigenvalue weighted by molar-refractivity contribution is -0.281. The molecule has 2 amide bonds. The first kappa shape index (κ1) is 18.2. The Morgan fingerprint density at radius 3 is 2.52 bits per heavy atom. The predicted octanol–water partition coefficient (Wildman–Crippen LogP) is 4.13. The van der Waals surface area contributed by atoms with Gasteiger partial charge in [0.15, 0.2) is 5.79 Å². The highest BCUT2D eigenvalue weighted by molar-refractivity contribution is 5.91. The molecule has 1 aromatic rings. The van der Waals surface area contributed by atoms with Crippen LogP contribution in [0.1, 0.15) is 57.1 Å². The molecule has 1 spiro atoms. The molecule has 5 nitrogen and oxygen atoms in total. The molecule has 0 saturated carbocycles. The molecule has 3 rings (SSSR count). The lowest BCUT2D eigenvalue weighted by Crippen LogP contribution is -2.52. The second-order valence-electron chi connectivity index (χ2n) is 7.27. The van der Waals surface area contributed by atoms with Crippen LogP contribution in [0.15, 0.2) is 18.2 Å². The number of rotatable bonds is 3. The van der Waals surface area contributed by atoms with Crippen molar-refractivity contribution in [2.75, 3.05) is 31.6 Å². The van der Waals surface area contributed by atoms with E-state index in [0.717, 1.165) is 44.6 Å². The number of hydrogen-bond acceptors (Lipinski definition) is 3. The van der Waals surface area contributed by atoms with Gasteiger partial charge in [-0.3, -0.25) is 0 Å². The standard InChI is InChI=1S/C20H30N2O3/c1-4-16-7-5-8-17(15(2)3)18(16)21-19(23)22-11-9-20(10-12-22)24-13-6-14-25-20/h5,7-8,15H,4,6,9-14H2,1-3H3,(H,21,23). The van der Waals surface area contributed by atoms with Crippen molar-refractivity contribution in [3.8, 4) is 0 Å². The first-order valence-electron chi connectivity index (χ1n) is 9.50. The SMILES string of the molecule is CCc1cccc(C(C)C)c1NC(=O)N1CCC2(CC1)OCCCO2. The minimum Gasteiger partial charge on any atom is -0.350 e. The lowest BCUT2D eigenvalue weighted by Gasteiger charge is -2.43. The summed E-state index contributed by atoms with van der Waals surface area (Å²) in [5.74, 6) is -0.0881. The van der Waals surface area contributed by atoms with Crippen molar-refractivity contribution in [1.29, 1.82) is 0 Å². The molecule has 0 radical (unpaired) electrons. The maximum Gasteiger partial charge on any atom is 0.321 e. The maximum absolute atomic E-state index is 12.8. The highest BCUT2D eigenvalue weighted by atomic mass is 16.7. The van der Waals surface area contributed by atoms with Crippen LogP contribution in [0.3, 0.4) is 0 Å². The number of amides is 2. The van der Waals surface area contributed by atoms with Gasteiger partial charge in [0, 0.05) is 31.6 Å². The van der Waals surface area contributed by atoms with E-state index in [4.69, 9.17) is 9.47 Å². The summed E-state index contributed by atoms with van der Waals surface area (Å²) in [7, 11) is 0. The first-order chi connectivity index (χ1) is 12.0. The van der Waals surface area contributed by atoms with E-state index < -0.39 is 5.79 Å². The number of anilines is 1. The van der Waals surface area contributed by atoms with Gasteiger partial charge < -0.3 is 19.7 Å². The van der Waals surface area contributed by atoms with E-state index in [9.17, 15) is 4.79 Å². The largest absolute Gasteiger partial charge is 0.350 e. The third kappa shape index (κ3) is 3.98. The van der Waals surface area contributed by atoms with Crippen LogP contribution in [0.25, 0.3) is 0 Å². The maximum atomic E-state index is 12.8. The summed E-state index contributed by atoms with van der Waals surface area (Å²) in [6.45, 7) is 9.28. The van der Waals surface area contributed by atoms with Gasteiger partial charge >= 0.3 is 6.03 Å². The van der Waals surface area contributed by atoms with Crippen molar-refractivity contribution in [1.82, 2.24) is 4.90 Å². The van der Waals surface area contributed by atoms with E-state index in [1.165, 1.54) is 11.1 Å². The van der Waals surface area contributed by atoms with Gasteiger partial charge in [0.05, 0.1) is 13.2 Å². The number of aryl methyl sites for hydroxylation is 1. The molecule has 0 bridgehead atoms. The second-order valence-corrected chi connectivity index (χ2v) is 7.27. The topological polar surface area (TPSA) is 50.8 Å². The van der Waals surface area contributed by atoms with Crippen LogP contribution in [0.4, 0.5) is 10.5 Å². The molecule has 2 saturated heterocycles. The number of carbonyl (C=O) groups is 1. The number of benzene rings is 1. The summed E-state index contributed by atoms with van der Waals surface area (Å²) in [6.07, 6.45) is 3.35. The molecule has 0 atom stereocenters. The lowest BCUT2D eigenvalue weighted by atomic mass is 9.96. The van der Waals surface area contributed by atoms with Crippen LogP contribution >= 0.6 is 0 Å². The fourth-order valence-electron chi connectivity index (χ4n) is 3.69. The third-order valence-corrected chi connectivity index (χ3v) is 5.25. The van der Waals surface area contributed by atoms with Gasteiger partial charge in [-0.25, -0.2) is 4.79 Å². The van der Waals surface area contributed by atoms with Gasteiger partial charge in [-0.2, -0.15) is 0 Å². The highest BCUT2D eigenvalue weighted by Crippen LogP contribution is 2.32. The van der Waals surface area contributed by atoms with Crippen molar-refractivity contribution >= 4 is 11.7 Å². The molecule has 0 aliphatic carbocycles. The third-order valence-electron chi connectivity index (χ3n) is 5.25. The summed E-state index contributed by atoms with van der Waals surface area (Å²) in [5, 5.41) is 3.18. The smallest absolute Gasteiger partial charge is 0.321 e. The van der Waals surface area contributed by atoms with Crippen molar-refractivity contribution in [2.24, 2.45) is 0 Å². The van der Waals surface area contributed by atoms with E-state index >= 15 is 0 Å². The summed E-state index contributed by atoms with van der Waals surface area (Å²) in [6, 6.07) is 6.25. The molecular formula is C20H30N2O3. The van der Waals surface area contributed by atoms with E-state index in [1.54, 1.807) is 0 Å². The summed E-state index contributed by atoms with van der Waals surface area (Å²) < 4.78 is 11.7. The Morgan fingerprint density at radius 1 is 1.24 bits per heavy atom. The van der Waals surface area contributed by atoms with Gasteiger partial charge in [-0.05, 0) is 29.9 Å². The second kappa shape index (κ2) is 7.75. The van der Waals surface area contributed by atoms with E-state index in [1.807, 2.05) is 4.90 Å². The summed E-state index contributed by atoms with van der Waals surface area (Å²) in [5.41, 5.74) is 3.36. The van der Waals surface area contributed by atoms with Gasteiger partial charge in [-0.15, -0.1) is 0 Å². The molecule has 2 fully saturated rings. The molecule has 0 unspecified atom stereocenters. The molecular weight excluding hydrogens is 316 g/mol. The van der Waals surface area contributed by atoms with Crippen molar-refractivity contribution in [3.63, 3.8) is 0 Å². The van der Waals surface area contributed by atoms with E-state index in [0.29, 0.717) is 19.0 Å². The molecule has 2 aliphatic heterocycles. The monoisotopic (exact) mass is 346 g/mol. The van der Waals surface area contributed by atoms with E-state index in [-0.39, 0.29) is 6.03 Å². The Balaban J connectivity index is 1.67. The van der Waals surface area contributed by atoms with Gasteiger partial charge in [-0.1, -0.05) is 39.0 Å². The fourth-order valence-corrected chi connectivity index (χ4v) is 3.69. The van der Waals surface area contributed by atoms with E-state index in [2.05, 4.69) is 44.3 Å². The zero-order valence-corrected chi connectivity index (χ0v) is 15.6. The minimum atomic E-state index is -0.459. The van der Waals surface area contributed by atoms with Gasteiger partial charge in [0.2, 0.25) is 0 Å². The molecule has 1 aromatic carbocycles. The van der Waals surface area contributed by atoms with Crippen LogP contribution < -0.4 is 5.32 Å². The number of nitrogens with one attached hydrogen (secondary N) is 1. The summed E-state index contributed by atoms with van der Waals surface area (Å²) in [4.78, 5) is 14.7. The molecule has 5 heteroatoms. The average Bonchev–Trinajstić information content (AvgIpc) is 2.63. The first-order valence-corrected chi connectivity index (χ1v) is 9.50. The zero-order valence-electron chi connectivity index (χ0n) is 15.6. The van der Waals surface area contributed by atoms with Crippen molar-refractivity contribution in [2.45, 2.75) is 58.2 Å². The van der Waals surface area contributed by atoms with Crippen LogP contribution in [-0.2, 0) is 15.9 Å². The number of ether oxygens (including phenoxy) is 2. The van der Waals surface area contributed by atoms with Crippen LogP contribution in [0, 0.1) is 0 Å². The predicted molar refractivity (Wildman–Crippen MR) is 99.0 cm³/mol. The average molecular weight is 346 g/mol. The highest BCUT2D eigenvalue weighted by Gasteiger charge is 2.39. The van der Waals surface area contributed by atoms with Gasteiger partial charge in [0.25, 0.3) is 0 Å². The fraction of sp³-hybridized carbons (Fsp3) is 0.650. The Morgan fingerprint density at radius 2 is 1.92 bits per heavy atom. The normalized spacial score (nSPS) is 20.1. The zero-order chi connectivity index (χ0) is 17.9. The van der Waals surface area contributed by atoms with Crippen LogP contribution in [0.2, 0.25) is 0 Å². The number of piperidine rings is 1.